The molecule has 1 aromatic carbocycles. The summed E-state index contributed by atoms with van der Waals surface area (Å²) in [6.07, 6.45) is 7.53. The van der Waals surface area contributed by atoms with Gasteiger partial charge in [0.15, 0.2) is 0 Å². The summed E-state index contributed by atoms with van der Waals surface area (Å²) in [7, 11) is 1.47. The Morgan fingerprint density at radius 2 is 2.03 bits per heavy atom. The average Bonchev–Trinajstić information content (AvgIpc) is 3.25. The summed E-state index contributed by atoms with van der Waals surface area (Å²) in [5, 5.41) is 4.32. The first-order valence-corrected chi connectivity index (χ1v) is 12.1. The molecule has 1 aliphatic heterocycles. The summed E-state index contributed by atoms with van der Waals surface area (Å²) in [5.74, 6) is 7.25. The number of aldehydes is 1. The number of carbonyl (C=O) groups excluding carboxylic acids is 3. The number of aromatic nitrogens is 1. The van der Waals surface area contributed by atoms with E-state index in [2.05, 4.69) is 29.1 Å². The zero-order chi connectivity index (χ0) is 24.9. The first-order valence-electron chi connectivity index (χ1n) is 12.1. The van der Waals surface area contributed by atoms with E-state index in [4.69, 9.17) is 15.2 Å². The number of hydrogen-bond donors (Lipinski definition) is 2. The van der Waals surface area contributed by atoms with Gasteiger partial charge in [-0.3, -0.25) is 9.59 Å². The van der Waals surface area contributed by atoms with Crippen LogP contribution in [0.4, 0.5) is 0 Å². The first-order chi connectivity index (χ1) is 16.9. The van der Waals surface area contributed by atoms with E-state index in [9.17, 15) is 14.4 Å². The highest BCUT2D eigenvalue weighted by molar-refractivity contribution is 6.03. The summed E-state index contributed by atoms with van der Waals surface area (Å²) >= 11 is 0. The molecule has 0 bridgehead atoms. The number of nitrogens with two attached hydrogens (primary N) is 1. The maximum absolute atomic E-state index is 12.1. The summed E-state index contributed by atoms with van der Waals surface area (Å²) in [4.78, 5) is 39.5. The number of methoxy groups -OCH3 is 1. The highest BCUT2D eigenvalue weighted by Crippen LogP contribution is 2.34. The molecule has 2 amide bonds. The predicted octanol–water partition coefficient (Wildman–Crippen LogP) is 2.99. The van der Waals surface area contributed by atoms with Crippen molar-refractivity contribution in [2.45, 2.75) is 51.5 Å². The van der Waals surface area contributed by atoms with E-state index < -0.39 is 5.91 Å². The van der Waals surface area contributed by atoms with Gasteiger partial charge < -0.3 is 25.3 Å². The van der Waals surface area contributed by atoms with Gasteiger partial charge in [-0.05, 0) is 43.7 Å². The number of pyridine rings is 1. The maximum Gasteiger partial charge on any atom is 0.252 e. The van der Waals surface area contributed by atoms with Crippen molar-refractivity contribution in [2.24, 2.45) is 23.5 Å². The Hall–Kier alpha value is -3.60. The van der Waals surface area contributed by atoms with E-state index in [0.29, 0.717) is 34.4 Å². The molecule has 1 aromatic heterocycles. The van der Waals surface area contributed by atoms with E-state index in [1.807, 2.05) is 0 Å². The summed E-state index contributed by atoms with van der Waals surface area (Å²) in [5.41, 5.74) is 6.51. The highest BCUT2D eigenvalue weighted by atomic mass is 16.5. The summed E-state index contributed by atoms with van der Waals surface area (Å²) in [6.45, 7) is 2.35. The molecule has 0 spiro atoms. The lowest BCUT2D eigenvalue weighted by Gasteiger charge is -2.21. The van der Waals surface area contributed by atoms with Crippen LogP contribution in [-0.2, 0) is 9.59 Å². The molecule has 1 saturated heterocycles. The lowest BCUT2D eigenvalue weighted by Crippen LogP contribution is -2.34. The van der Waals surface area contributed by atoms with Gasteiger partial charge in [0, 0.05) is 35.2 Å². The van der Waals surface area contributed by atoms with Gasteiger partial charge >= 0.3 is 0 Å². The van der Waals surface area contributed by atoms with Crippen molar-refractivity contribution in [1.29, 1.82) is 0 Å². The number of amides is 2. The van der Waals surface area contributed by atoms with Gasteiger partial charge in [-0.25, -0.2) is 4.98 Å². The molecule has 8 nitrogen and oxygen atoms in total. The number of primary amides is 1. The van der Waals surface area contributed by atoms with Gasteiger partial charge in [0.1, 0.15) is 18.6 Å². The third-order valence-corrected chi connectivity index (χ3v) is 7.10. The van der Waals surface area contributed by atoms with Gasteiger partial charge in [-0.1, -0.05) is 25.2 Å². The molecule has 3 N–H and O–H groups in total. The van der Waals surface area contributed by atoms with E-state index in [1.54, 1.807) is 18.3 Å². The normalized spacial score (nSPS) is 23.8. The van der Waals surface area contributed by atoms with Crippen molar-refractivity contribution in [2.75, 3.05) is 13.7 Å². The van der Waals surface area contributed by atoms with Crippen molar-refractivity contribution in [3.8, 4) is 23.5 Å². The third kappa shape index (κ3) is 5.40. The van der Waals surface area contributed by atoms with Crippen molar-refractivity contribution in [3.63, 3.8) is 0 Å². The van der Waals surface area contributed by atoms with Crippen molar-refractivity contribution in [1.82, 2.24) is 10.3 Å². The molecule has 1 saturated carbocycles. The van der Waals surface area contributed by atoms with Gasteiger partial charge in [0.2, 0.25) is 11.8 Å². The maximum atomic E-state index is 12.1. The predicted molar refractivity (Wildman–Crippen MR) is 131 cm³/mol. The van der Waals surface area contributed by atoms with E-state index in [-0.39, 0.29) is 41.9 Å². The number of nitrogens with zero attached hydrogens (tertiary/aromatic N) is 1. The Balaban J connectivity index is 1.67. The SMILES string of the molecule is CC[C@@H]1CC(=O)N[C@@H]1COc1ncc(C#C[C@H]2CC[C@@H](C=O)CC2)c2cc(C(N)=O)c(OC)cc12. The first kappa shape index (κ1) is 24.5. The number of benzene rings is 1. The zero-order valence-corrected chi connectivity index (χ0v) is 20.1. The van der Waals surface area contributed by atoms with Crippen LogP contribution in [0.15, 0.2) is 18.3 Å². The van der Waals surface area contributed by atoms with Crippen LogP contribution in [0.5, 0.6) is 11.6 Å². The molecule has 0 unspecified atom stereocenters. The van der Waals surface area contributed by atoms with E-state index in [0.717, 1.165) is 38.4 Å². The second-order valence-electron chi connectivity index (χ2n) is 9.31. The van der Waals surface area contributed by atoms with Crippen LogP contribution < -0.4 is 20.5 Å². The molecule has 2 atom stereocenters. The molecule has 2 heterocycles. The molecular formula is C27H31N3O5. The molecule has 184 valence electrons. The fourth-order valence-corrected chi connectivity index (χ4v) is 4.94. The number of hydrogen-bond acceptors (Lipinski definition) is 6. The molecule has 0 radical (unpaired) electrons. The van der Waals surface area contributed by atoms with Crippen LogP contribution in [0, 0.1) is 29.6 Å². The molecule has 2 aliphatic rings. The molecular weight excluding hydrogens is 446 g/mol. The zero-order valence-electron chi connectivity index (χ0n) is 20.1. The Labute approximate surface area is 204 Å². The van der Waals surface area contributed by atoms with Crippen LogP contribution in [0.3, 0.4) is 0 Å². The van der Waals surface area contributed by atoms with Crippen LogP contribution >= 0.6 is 0 Å². The fraction of sp³-hybridized carbons (Fsp3) is 0.481. The lowest BCUT2D eigenvalue weighted by molar-refractivity contribution is -0.119. The van der Waals surface area contributed by atoms with Crippen LogP contribution in [0.2, 0.25) is 0 Å². The molecule has 35 heavy (non-hydrogen) atoms. The van der Waals surface area contributed by atoms with Crippen LogP contribution in [-0.4, -0.2) is 42.8 Å². The quantitative estimate of drug-likeness (QED) is 0.467. The number of nitrogens with one attached hydrogen (secondary N) is 1. The minimum Gasteiger partial charge on any atom is -0.496 e. The van der Waals surface area contributed by atoms with Crippen LogP contribution in [0.1, 0.15) is 61.4 Å². The second kappa shape index (κ2) is 10.8. The molecule has 1 aliphatic carbocycles. The van der Waals surface area contributed by atoms with Crippen LogP contribution in [0.25, 0.3) is 10.8 Å². The second-order valence-corrected chi connectivity index (χ2v) is 9.31. The van der Waals surface area contributed by atoms with Crippen molar-refractivity contribution < 1.29 is 23.9 Å². The van der Waals surface area contributed by atoms with Gasteiger partial charge in [0.25, 0.3) is 5.91 Å². The Morgan fingerprint density at radius 3 is 2.69 bits per heavy atom. The van der Waals surface area contributed by atoms with Gasteiger partial charge in [-0.15, -0.1) is 0 Å². The summed E-state index contributed by atoms with van der Waals surface area (Å²) in [6, 6.07) is 3.28. The fourth-order valence-electron chi connectivity index (χ4n) is 4.94. The topological polar surface area (TPSA) is 121 Å². The monoisotopic (exact) mass is 477 g/mol. The standard InChI is InChI=1S/C27H31N3O5/c1-3-18-10-25(32)30-23(18)15-35-27-21-12-24(34-2)22(26(28)33)11-20(21)19(13-29-27)9-8-16-4-6-17(14-31)7-5-16/h11-14,16-18,23H,3-7,10,15H2,1-2H3,(H2,28,33)(H,30,32)/t16-,17+,18-,23-/m1/s1. The Kier molecular flexibility index (Phi) is 7.54. The van der Waals surface area contributed by atoms with Gasteiger partial charge in [-0.2, -0.15) is 0 Å². The Morgan fingerprint density at radius 1 is 1.26 bits per heavy atom. The molecule has 2 aromatic rings. The molecule has 4 rings (SSSR count). The number of rotatable bonds is 7. The van der Waals surface area contributed by atoms with Gasteiger partial charge in [0.05, 0.1) is 24.3 Å². The number of carbonyl (C=O) groups is 3. The largest absolute Gasteiger partial charge is 0.496 e. The summed E-state index contributed by atoms with van der Waals surface area (Å²) < 4.78 is 11.5. The highest BCUT2D eigenvalue weighted by Gasteiger charge is 2.31. The molecule has 2 fully saturated rings. The smallest absolute Gasteiger partial charge is 0.252 e. The number of ether oxygens (including phenoxy) is 2. The Bertz CT molecular complexity index is 1190. The van der Waals surface area contributed by atoms with E-state index in [1.165, 1.54) is 7.11 Å². The minimum atomic E-state index is -0.603. The van der Waals surface area contributed by atoms with Crippen molar-refractivity contribution >= 4 is 28.9 Å². The third-order valence-electron chi connectivity index (χ3n) is 7.10. The van der Waals surface area contributed by atoms with Crippen molar-refractivity contribution in [3.05, 3.63) is 29.5 Å². The van der Waals surface area contributed by atoms with E-state index >= 15 is 0 Å². The average molecular weight is 478 g/mol. The number of fused-ring (bicyclic) bond motifs is 1. The lowest BCUT2D eigenvalue weighted by atomic mass is 9.83. The minimum absolute atomic E-state index is 0.0313. The molecule has 8 heteroatoms.